The van der Waals surface area contributed by atoms with E-state index in [-0.39, 0.29) is 5.91 Å². The van der Waals surface area contributed by atoms with E-state index in [1.807, 2.05) is 10.9 Å². The van der Waals surface area contributed by atoms with Gasteiger partial charge in [0.1, 0.15) is 0 Å². The van der Waals surface area contributed by atoms with Crippen LogP contribution in [0.5, 0.6) is 5.75 Å². The van der Waals surface area contributed by atoms with Crippen molar-refractivity contribution in [2.45, 2.75) is 26.3 Å². The molecule has 5 nitrogen and oxygen atoms in total. The van der Waals surface area contributed by atoms with Gasteiger partial charge in [-0.2, -0.15) is 5.10 Å². The maximum absolute atomic E-state index is 11.3. The summed E-state index contributed by atoms with van der Waals surface area (Å²) in [4.78, 5) is 12.8. The van der Waals surface area contributed by atoms with E-state index in [0.29, 0.717) is 13.0 Å². The minimum Gasteiger partial charge on any atom is -0.490 e. The van der Waals surface area contributed by atoms with Crippen molar-refractivity contribution in [3.05, 3.63) is 12.4 Å². The van der Waals surface area contributed by atoms with E-state index in [4.69, 9.17) is 4.74 Å². The number of rotatable bonds is 6. The first-order valence-corrected chi connectivity index (χ1v) is 5.49. The van der Waals surface area contributed by atoms with Gasteiger partial charge in [0.2, 0.25) is 5.91 Å². The lowest BCUT2D eigenvalue weighted by Gasteiger charge is -2.09. The number of nitrogens with zero attached hydrogens (tertiary/aromatic N) is 3. The first-order valence-electron chi connectivity index (χ1n) is 5.49. The third kappa shape index (κ3) is 3.92. The normalized spacial score (nSPS) is 10.2. The highest BCUT2D eigenvalue weighted by Crippen LogP contribution is 2.08. The van der Waals surface area contributed by atoms with Crippen molar-refractivity contribution in [1.29, 1.82) is 0 Å². The molecule has 90 valence electrons. The summed E-state index contributed by atoms with van der Waals surface area (Å²) in [6, 6.07) is 0. The number of amides is 1. The van der Waals surface area contributed by atoms with Gasteiger partial charge in [-0.1, -0.05) is 6.92 Å². The zero-order valence-corrected chi connectivity index (χ0v) is 10.1. The molecule has 0 bridgehead atoms. The minimum absolute atomic E-state index is 0.0703. The van der Waals surface area contributed by atoms with E-state index in [1.165, 1.54) is 0 Å². The molecular weight excluding hydrogens is 206 g/mol. The number of aromatic nitrogens is 2. The Hall–Kier alpha value is -1.52. The summed E-state index contributed by atoms with van der Waals surface area (Å²) in [6.07, 6.45) is 4.96. The monoisotopic (exact) mass is 225 g/mol. The molecule has 1 aromatic heterocycles. The fourth-order valence-electron chi connectivity index (χ4n) is 1.25. The van der Waals surface area contributed by atoms with Crippen LogP contribution in [0.4, 0.5) is 0 Å². The van der Waals surface area contributed by atoms with Gasteiger partial charge in [-0.05, 0) is 6.42 Å². The Bertz CT molecular complexity index is 334. The topological polar surface area (TPSA) is 47.4 Å². The first kappa shape index (κ1) is 12.5. The molecule has 1 amide bonds. The van der Waals surface area contributed by atoms with Crippen molar-refractivity contribution in [3.8, 4) is 5.75 Å². The van der Waals surface area contributed by atoms with Crippen LogP contribution in [0, 0.1) is 0 Å². The molecule has 1 aromatic rings. The Kier molecular flexibility index (Phi) is 4.82. The molecule has 16 heavy (non-hydrogen) atoms. The van der Waals surface area contributed by atoms with Gasteiger partial charge >= 0.3 is 0 Å². The minimum atomic E-state index is 0.0703. The zero-order chi connectivity index (χ0) is 12.0. The van der Waals surface area contributed by atoms with Crippen LogP contribution in [0.3, 0.4) is 0 Å². The highest BCUT2D eigenvalue weighted by atomic mass is 16.5. The third-order valence-electron chi connectivity index (χ3n) is 2.15. The Balaban J connectivity index is 2.29. The molecule has 5 heteroatoms. The van der Waals surface area contributed by atoms with Gasteiger partial charge in [-0.3, -0.25) is 9.48 Å². The largest absolute Gasteiger partial charge is 0.490 e. The number of ether oxygens (including phenoxy) is 1. The van der Waals surface area contributed by atoms with Gasteiger partial charge in [-0.15, -0.1) is 0 Å². The second-order valence-electron chi connectivity index (χ2n) is 3.83. The summed E-state index contributed by atoms with van der Waals surface area (Å²) in [7, 11) is 3.48. The zero-order valence-electron chi connectivity index (χ0n) is 10.1. The quantitative estimate of drug-likeness (QED) is 0.729. The number of hydrogen-bond donors (Lipinski definition) is 0. The van der Waals surface area contributed by atoms with E-state index < -0.39 is 0 Å². The Morgan fingerprint density at radius 2 is 2.31 bits per heavy atom. The van der Waals surface area contributed by atoms with E-state index >= 15 is 0 Å². The molecule has 1 heterocycles. The molecule has 0 aliphatic rings. The lowest BCUT2D eigenvalue weighted by Crippen LogP contribution is -2.23. The Labute approximate surface area is 96.0 Å². The second kappa shape index (κ2) is 6.15. The summed E-state index contributed by atoms with van der Waals surface area (Å²) in [6.45, 7) is 3.38. The predicted molar refractivity (Wildman–Crippen MR) is 61.3 cm³/mol. The molecule has 0 atom stereocenters. The van der Waals surface area contributed by atoms with Gasteiger partial charge in [0, 0.05) is 20.6 Å². The third-order valence-corrected chi connectivity index (χ3v) is 2.15. The van der Waals surface area contributed by atoms with Crippen molar-refractivity contribution < 1.29 is 9.53 Å². The van der Waals surface area contributed by atoms with Gasteiger partial charge in [-0.25, -0.2) is 0 Å². The van der Waals surface area contributed by atoms with E-state index in [2.05, 4.69) is 12.0 Å². The van der Waals surface area contributed by atoms with Crippen LogP contribution < -0.4 is 4.74 Å². The summed E-state index contributed by atoms with van der Waals surface area (Å²) >= 11 is 0. The lowest BCUT2D eigenvalue weighted by atomic mass is 10.4. The molecule has 0 unspecified atom stereocenters. The van der Waals surface area contributed by atoms with Crippen LogP contribution in [0.25, 0.3) is 0 Å². The van der Waals surface area contributed by atoms with Crippen LogP contribution in [-0.2, 0) is 11.3 Å². The summed E-state index contributed by atoms with van der Waals surface area (Å²) < 4.78 is 7.26. The van der Waals surface area contributed by atoms with Crippen LogP contribution in [-0.4, -0.2) is 41.3 Å². The average Bonchev–Trinajstić information content (AvgIpc) is 2.66. The van der Waals surface area contributed by atoms with Crippen LogP contribution in [0.15, 0.2) is 12.4 Å². The molecule has 1 rings (SSSR count). The van der Waals surface area contributed by atoms with E-state index in [1.54, 1.807) is 25.2 Å². The van der Waals surface area contributed by atoms with E-state index in [9.17, 15) is 4.79 Å². The number of aryl methyl sites for hydroxylation is 1. The van der Waals surface area contributed by atoms with E-state index in [0.717, 1.165) is 18.7 Å². The van der Waals surface area contributed by atoms with Crippen molar-refractivity contribution in [2.24, 2.45) is 0 Å². The summed E-state index contributed by atoms with van der Waals surface area (Å²) in [5.41, 5.74) is 0. The molecule has 0 saturated carbocycles. The molecule has 0 aliphatic carbocycles. The maximum Gasteiger partial charge on any atom is 0.225 e. The number of hydrogen-bond acceptors (Lipinski definition) is 3. The van der Waals surface area contributed by atoms with Crippen molar-refractivity contribution in [3.63, 3.8) is 0 Å². The SMILES string of the molecule is CCCn1cc(OCCC(=O)N(C)C)cn1. The molecular formula is C11H19N3O2. The molecule has 0 saturated heterocycles. The lowest BCUT2D eigenvalue weighted by molar-refractivity contribution is -0.129. The van der Waals surface area contributed by atoms with Crippen LogP contribution in [0.1, 0.15) is 19.8 Å². The molecule has 0 N–H and O–H groups in total. The Morgan fingerprint density at radius 3 is 2.94 bits per heavy atom. The summed E-state index contributed by atoms with van der Waals surface area (Å²) in [5.74, 6) is 0.793. The average molecular weight is 225 g/mol. The molecule has 0 fully saturated rings. The standard InChI is InChI=1S/C11H19N3O2/c1-4-6-14-9-10(8-12-14)16-7-5-11(15)13(2)3/h8-9H,4-7H2,1-3H3. The highest BCUT2D eigenvalue weighted by molar-refractivity contribution is 5.75. The van der Waals surface area contributed by atoms with Crippen LogP contribution in [0.2, 0.25) is 0 Å². The second-order valence-corrected chi connectivity index (χ2v) is 3.83. The fraction of sp³-hybridized carbons (Fsp3) is 0.636. The smallest absolute Gasteiger partial charge is 0.225 e. The maximum atomic E-state index is 11.3. The highest BCUT2D eigenvalue weighted by Gasteiger charge is 2.04. The first-order chi connectivity index (χ1) is 7.63. The molecule has 0 aromatic carbocycles. The van der Waals surface area contributed by atoms with Gasteiger partial charge < -0.3 is 9.64 Å². The van der Waals surface area contributed by atoms with Crippen LogP contribution >= 0.6 is 0 Å². The van der Waals surface area contributed by atoms with Gasteiger partial charge in [0.25, 0.3) is 0 Å². The molecule has 0 aliphatic heterocycles. The van der Waals surface area contributed by atoms with Gasteiger partial charge in [0.15, 0.2) is 5.75 Å². The summed E-state index contributed by atoms with van der Waals surface area (Å²) in [5, 5.41) is 4.14. The van der Waals surface area contributed by atoms with Crippen molar-refractivity contribution >= 4 is 5.91 Å². The molecule has 0 spiro atoms. The van der Waals surface area contributed by atoms with Crippen molar-refractivity contribution in [1.82, 2.24) is 14.7 Å². The molecule has 0 radical (unpaired) electrons. The number of carbonyl (C=O) groups is 1. The predicted octanol–water partition coefficient (Wildman–Crippen LogP) is 1.15. The van der Waals surface area contributed by atoms with Gasteiger partial charge in [0.05, 0.1) is 25.4 Å². The van der Waals surface area contributed by atoms with Crippen molar-refractivity contribution in [2.75, 3.05) is 20.7 Å². The number of carbonyl (C=O) groups excluding carboxylic acids is 1. The Morgan fingerprint density at radius 1 is 1.56 bits per heavy atom. The fourth-order valence-corrected chi connectivity index (χ4v) is 1.25.